The third-order valence-electron chi connectivity index (χ3n) is 3.80. The van der Waals surface area contributed by atoms with Crippen molar-refractivity contribution in [3.05, 3.63) is 34.5 Å². The molecule has 0 saturated heterocycles. The summed E-state index contributed by atoms with van der Waals surface area (Å²) in [6, 6.07) is 7.88. The van der Waals surface area contributed by atoms with Crippen LogP contribution in [0, 0.1) is 17.2 Å². The second-order valence-corrected chi connectivity index (χ2v) is 5.84. The lowest BCUT2D eigenvalue weighted by Gasteiger charge is -2.39. The summed E-state index contributed by atoms with van der Waals surface area (Å²) >= 11 is 3.40. The number of nitrogens with zero attached hydrogens (tertiary/aromatic N) is 1. The molecule has 0 amide bonds. The Kier molecular flexibility index (Phi) is 2.64. The molecule has 1 aromatic heterocycles. The minimum Gasteiger partial charge on any atom is -0.481 e. The van der Waals surface area contributed by atoms with E-state index in [2.05, 4.69) is 22.0 Å². The Morgan fingerprint density at radius 2 is 2.26 bits per heavy atom. The highest BCUT2D eigenvalue weighted by molar-refractivity contribution is 9.10. The highest BCUT2D eigenvalue weighted by Crippen LogP contribution is 2.50. The van der Waals surface area contributed by atoms with E-state index in [4.69, 9.17) is 9.52 Å². The number of carbonyl (C=O) groups is 1. The summed E-state index contributed by atoms with van der Waals surface area (Å²) in [6.45, 7) is 0. The number of carboxylic acids is 1. The van der Waals surface area contributed by atoms with Crippen LogP contribution in [0.2, 0.25) is 0 Å². The average molecular weight is 320 g/mol. The van der Waals surface area contributed by atoms with E-state index < -0.39 is 17.3 Å². The lowest BCUT2D eigenvalue weighted by molar-refractivity contribution is -0.146. The Hall–Kier alpha value is -1.80. The van der Waals surface area contributed by atoms with Crippen molar-refractivity contribution in [3.63, 3.8) is 0 Å². The Morgan fingerprint density at radius 1 is 1.53 bits per heavy atom. The largest absolute Gasteiger partial charge is 0.481 e. The van der Waals surface area contributed by atoms with Crippen molar-refractivity contribution < 1.29 is 14.3 Å². The number of hydrogen-bond acceptors (Lipinski definition) is 3. The van der Waals surface area contributed by atoms with Crippen molar-refractivity contribution in [2.75, 3.05) is 0 Å². The minimum absolute atomic E-state index is 0.347. The fourth-order valence-electron chi connectivity index (χ4n) is 2.70. The predicted octanol–water partition coefficient (Wildman–Crippen LogP) is 3.45. The van der Waals surface area contributed by atoms with Gasteiger partial charge in [-0.1, -0.05) is 15.9 Å². The molecule has 4 nitrogen and oxygen atoms in total. The number of nitriles is 1. The third kappa shape index (κ3) is 1.75. The number of halogens is 1. The first kappa shape index (κ1) is 12.2. The summed E-state index contributed by atoms with van der Waals surface area (Å²) in [5, 5.41) is 19.3. The Labute approximate surface area is 117 Å². The number of fused-ring (bicyclic) bond motifs is 1. The van der Waals surface area contributed by atoms with Gasteiger partial charge in [-0.3, -0.25) is 4.79 Å². The maximum atomic E-state index is 10.9. The van der Waals surface area contributed by atoms with E-state index >= 15 is 0 Å². The van der Waals surface area contributed by atoms with E-state index in [0.717, 1.165) is 15.4 Å². The number of carboxylic acid groups (broad SMARTS) is 1. The molecule has 1 N–H and O–H groups in total. The minimum atomic E-state index is -0.833. The number of hydrogen-bond donors (Lipinski definition) is 1. The van der Waals surface area contributed by atoms with Gasteiger partial charge in [0.15, 0.2) is 0 Å². The summed E-state index contributed by atoms with van der Waals surface area (Å²) in [5.41, 5.74) is 0.783. The van der Waals surface area contributed by atoms with Gasteiger partial charge in [-0.05, 0) is 31.0 Å². The van der Waals surface area contributed by atoms with Gasteiger partial charge in [0.2, 0.25) is 0 Å². The van der Waals surface area contributed by atoms with Crippen LogP contribution >= 0.6 is 15.9 Å². The van der Waals surface area contributed by atoms with Crippen molar-refractivity contribution >= 4 is 32.9 Å². The highest BCUT2D eigenvalue weighted by atomic mass is 79.9. The Balaban J connectivity index is 2.07. The smallest absolute Gasteiger partial charge is 0.306 e. The van der Waals surface area contributed by atoms with E-state index in [1.165, 1.54) is 0 Å². The molecule has 5 heteroatoms. The molecule has 1 saturated carbocycles. The molecule has 1 aliphatic carbocycles. The second kappa shape index (κ2) is 4.10. The molecule has 1 aliphatic rings. The van der Waals surface area contributed by atoms with Gasteiger partial charge >= 0.3 is 5.97 Å². The van der Waals surface area contributed by atoms with Crippen molar-refractivity contribution in [2.45, 2.75) is 18.3 Å². The van der Waals surface area contributed by atoms with Gasteiger partial charge in [-0.25, -0.2) is 0 Å². The molecule has 1 heterocycles. The van der Waals surface area contributed by atoms with E-state index in [0.29, 0.717) is 18.4 Å². The van der Waals surface area contributed by atoms with Crippen LogP contribution in [0.3, 0.4) is 0 Å². The third-order valence-corrected chi connectivity index (χ3v) is 4.30. The summed E-state index contributed by atoms with van der Waals surface area (Å²) in [4.78, 5) is 10.9. The summed E-state index contributed by atoms with van der Waals surface area (Å²) in [6.07, 6.45) is 2.28. The van der Waals surface area contributed by atoms with E-state index in [1.54, 1.807) is 6.26 Å². The molecule has 0 unspecified atom stereocenters. The highest BCUT2D eigenvalue weighted by Gasteiger charge is 2.50. The average Bonchev–Trinajstić information content (AvgIpc) is 2.72. The topological polar surface area (TPSA) is 74.2 Å². The van der Waals surface area contributed by atoms with Crippen LogP contribution in [0.15, 0.2) is 33.4 Å². The zero-order valence-electron chi connectivity index (χ0n) is 9.89. The monoisotopic (exact) mass is 319 g/mol. The number of rotatable bonds is 2. The molecule has 0 spiro atoms. The molecule has 2 aromatic rings. The van der Waals surface area contributed by atoms with Crippen LogP contribution in [-0.4, -0.2) is 11.1 Å². The fraction of sp³-hybridized carbons (Fsp3) is 0.286. The van der Waals surface area contributed by atoms with Gasteiger partial charge in [0, 0.05) is 15.4 Å². The van der Waals surface area contributed by atoms with Crippen molar-refractivity contribution in [3.8, 4) is 6.07 Å². The predicted molar refractivity (Wildman–Crippen MR) is 71.6 cm³/mol. The van der Waals surface area contributed by atoms with E-state index in [1.807, 2.05) is 18.2 Å². The van der Waals surface area contributed by atoms with Crippen LogP contribution in [0.1, 0.15) is 18.4 Å². The van der Waals surface area contributed by atoms with Crippen molar-refractivity contribution in [1.29, 1.82) is 5.26 Å². The first-order valence-corrected chi connectivity index (χ1v) is 6.66. The fourth-order valence-corrected chi connectivity index (χ4v) is 3.06. The van der Waals surface area contributed by atoms with Gasteiger partial charge in [0.05, 0.1) is 23.7 Å². The summed E-state index contributed by atoms with van der Waals surface area (Å²) in [5.74, 6) is -1.27. The molecule has 0 radical (unpaired) electrons. The maximum Gasteiger partial charge on any atom is 0.306 e. The molecular weight excluding hydrogens is 310 g/mol. The van der Waals surface area contributed by atoms with Gasteiger partial charge in [-0.15, -0.1) is 0 Å². The van der Waals surface area contributed by atoms with Crippen LogP contribution in [-0.2, 0) is 10.2 Å². The lowest BCUT2D eigenvalue weighted by Crippen LogP contribution is -2.43. The van der Waals surface area contributed by atoms with Gasteiger partial charge in [0.25, 0.3) is 0 Å². The van der Waals surface area contributed by atoms with Crippen molar-refractivity contribution in [1.82, 2.24) is 0 Å². The normalized spacial score (nSPS) is 25.8. The van der Waals surface area contributed by atoms with Gasteiger partial charge in [0.1, 0.15) is 5.58 Å². The maximum absolute atomic E-state index is 10.9. The zero-order chi connectivity index (χ0) is 13.6. The second-order valence-electron chi connectivity index (χ2n) is 4.93. The molecule has 19 heavy (non-hydrogen) atoms. The number of furan rings is 1. The van der Waals surface area contributed by atoms with Gasteiger partial charge in [-0.2, -0.15) is 5.26 Å². The number of aliphatic carboxylic acids is 1. The molecule has 96 valence electrons. The van der Waals surface area contributed by atoms with E-state index in [9.17, 15) is 10.1 Å². The van der Waals surface area contributed by atoms with Crippen LogP contribution < -0.4 is 0 Å². The molecule has 0 atom stereocenters. The van der Waals surface area contributed by atoms with Gasteiger partial charge < -0.3 is 9.52 Å². The summed E-state index contributed by atoms with van der Waals surface area (Å²) in [7, 11) is 0. The SMILES string of the molecule is N#CC1(c2coc3ccc(Br)cc23)CC(C(=O)O)C1. The first-order chi connectivity index (χ1) is 9.05. The zero-order valence-corrected chi connectivity index (χ0v) is 11.5. The Bertz CT molecular complexity index is 707. The molecule has 1 fully saturated rings. The van der Waals surface area contributed by atoms with E-state index in [-0.39, 0.29) is 0 Å². The molecular formula is C14H10BrNO3. The Morgan fingerprint density at radius 3 is 2.89 bits per heavy atom. The molecule has 0 aliphatic heterocycles. The van der Waals surface area contributed by atoms with Crippen LogP contribution in [0.4, 0.5) is 0 Å². The summed E-state index contributed by atoms with van der Waals surface area (Å²) < 4.78 is 6.37. The van der Waals surface area contributed by atoms with Crippen molar-refractivity contribution in [2.24, 2.45) is 5.92 Å². The standard InChI is InChI=1S/C14H10BrNO3/c15-9-1-2-12-10(3-9)11(6-19-12)14(7-16)4-8(5-14)13(17)18/h1-3,6,8H,4-5H2,(H,17,18). The first-order valence-electron chi connectivity index (χ1n) is 5.87. The molecule has 0 bridgehead atoms. The molecule has 1 aromatic carbocycles. The van der Waals surface area contributed by atoms with Crippen LogP contribution in [0.5, 0.6) is 0 Å². The van der Waals surface area contributed by atoms with Crippen LogP contribution in [0.25, 0.3) is 11.0 Å². The molecule has 3 rings (SSSR count). The number of benzene rings is 1. The lowest BCUT2D eigenvalue weighted by atomic mass is 9.59. The quantitative estimate of drug-likeness (QED) is 0.919.